The highest BCUT2D eigenvalue weighted by atomic mass is 16.5. The molecule has 0 saturated heterocycles. The van der Waals surface area contributed by atoms with Crippen molar-refractivity contribution in [3.63, 3.8) is 0 Å². The Bertz CT molecular complexity index is 291. The fourth-order valence-corrected chi connectivity index (χ4v) is 1.38. The molecule has 0 aliphatic heterocycles. The van der Waals surface area contributed by atoms with E-state index in [0.29, 0.717) is 0 Å². The Kier molecular flexibility index (Phi) is 6.29. The third kappa shape index (κ3) is 5.02. The smallest absolute Gasteiger partial charge is 0.311 e. The van der Waals surface area contributed by atoms with Crippen LogP contribution in [0.25, 0.3) is 0 Å². The van der Waals surface area contributed by atoms with Crippen molar-refractivity contribution in [2.45, 2.75) is 45.3 Å². The number of ether oxygens (including phenoxy) is 1. The molecule has 0 aromatic rings. The lowest BCUT2D eigenvalue weighted by atomic mass is 9.89. The third-order valence-corrected chi connectivity index (χ3v) is 2.60. The van der Waals surface area contributed by atoms with Gasteiger partial charge >= 0.3 is 5.97 Å². The third-order valence-electron chi connectivity index (χ3n) is 2.60. The Balaban J connectivity index is 4.53. The molecule has 0 spiro atoms. The number of aliphatic hydroxyl groups excluding tert-OH is 1. The maximum atomic E-state index is 11.6. The Morgan fingerprint density at radius 2 is 1.72 bits per heavy atom. The number of hydrogen-bond donors (Lipinski definition) is 2. The predicted molar refractivity (Wildman–Crippen MR) is 71.0 cm³/mol. The molecule has 0 rings (SSSR count). The van der Waals surface area contributed by atoms with Crippen LogP contribution in [0.2, 0.25) is 0 Å². The summed E-state index contributed by atoms with van der Waals surface area (Å²) in [5.74, 6) is -0.416. The van der Waals surface area contributed by atoms with Crippen molar-refractivity contribution in [2.24, 2.45) is 5.41 Å². The van der Waals surface area contributed by atoms with Gasteiger partial charge < -0.3 is 14.9 Å². The van der Waals surface area contributed by atoms with Crippen LogP contribution >= 0.6 is 0 Å². The van der Waals surface area contributed by atoms with Crippen LogP contribution in [0, 0.1) is 5.41 Å². The van der Waals surface area contributed by atoms with Crippen molar-refractivity contribution in [3.8, 4) is 0 Å². The van der Waals surface area contributed by atoms with E-state index in [-0.39, 0.29) is 19.4 Å². The van der Waals surface area contributed by atoms with Crippen LogP contribution in [0.5, 0.6) is 0 Å². The molecule has 104 valence electrons. The molecule has 0 aromatic carbocycles. The maximum Gasteiger partial charge on any atom is 0.311 e. The van der Waals surface area contributed by atoms with Crippen molar-refractivity contribution in [1.29, 1.82) is 0 Å². The van der Waals surface area contributed by atoms with E-state index in [1.165, 1.54) is 12.2 Å². The molecule has 0 amide bonds. The Hall–Kier alpha value is -1.13. The molecule has 0 bridgehead atoms. The number of esters is 1. The quantitative estimate of drug-likeness (QED) is 0.538. The van der Waals surface area contributed by atoms with Gasteiger partial charge in [0, 0.05) is 0 Å². The fourth-order valence-electron chi connectivity index (χ4n) is 1.38. The van der Waals surface area contributed by atoms with E-state index in [0.717, 1.165) is 0 Å². The first-order valence-electron chi connectivity index (χ1n) is 5.97. The minimum absolute atomic E-state index is 0.202. The second kappa shape index (κ2) is 6.71. The summed E-state index contributed by atoms with van der Waals surface area (Å²) < 4.78 is 4.99. The molecule has 0 saturated carbocycles. The molecule has 0 heterocycles. The molecule has 0 aliphatic carbocycles. The molecule has 0 radical (unpaired) electrons. The van der Waals surface area contributed by atoms with Crippen LogP contribution in [0.15, 0.2) is 25.3 Å². The monoisotopic (exact) mass is 256 g/mol. The van der Waals surface area contributed by atoms with E-state index in [1.54, 1.807) is 20.8 Å². The molecule has 4 nitrogen and oxygen atoms in total. The predicted octanol–water partition coefficient (Wildman–Crippen LogP) is 1.82. The molecule has 18 heavy (non-hydrogen) atoms. The van der Waals surface area contributed by atoms with Crippen LogP contribution < -0.4 is 0 Å². The molecule has 0 aromatic heterocycles. The molecule has 0 aliphatic rings. The average molecular weight is 256 g/mol. The lowest BCUT2D eigenvalue weighted by molar-refractivity contribution is -0.163. The van der Waals surface area contributed by atoms with Crippen LogP contribution in [0.1, 0.15) is 33.6 Å². The minimum Gasteiger partial charge on any atom is -0.462 e. The van der Waals surface area contributed by atoms with Crippen molar-refractivity contribution >= 4 is 5.97 Å². The molecule has 2 N–H and O–H groups in total. The van der Waals surface area contributed by atoms with Crippen LogP contribution in [0.3, 0.4) is 0 Å². The van der Waals surface area contributed by atoms with Crippen molar-refractivity contribution < 1.29 is 19.7 Å². The van der Waals surface area contributed by atoms with E-state index >= 15 is 0 Å². The van der Waals surface area contributed by atoms with E-state index in [4.69, 9.17) is 4.74 Å². The largest absolute Gasteiger partial charge is 0.462 e. The van der Waals surface area contributed by atoms with Crippen LogP contribution in [0.4, 0.5) is 0 Å². The van der Waals surface area contributed by atoms with E-state index in [2.05, 4.69) is 13.2 Å². The topological polar surface area (TPSA) is 66.8 Å². The van der Waals surface area contributed by atoms with Gasteiger partial charge in [-0.25, -0.2) is 0 Å². The summed E-state index contributed by atoms with van der Waals surface area (Å²) in [6.07, 6.45) is 2.26. The summed E-state index contributed by atoms with van der Waals surface area (Å²) in [4.78, 5) is 11.6. The van der Waals surface area contributed by atoms with Gasteiger partial charge in [0.15, 0.2) is 0 Å². The van der Waals surface area contributed by atoms with Gasteiger partial charge in [-0.2, -0.15) is 0 Å². The summed E-state index contributed by atoms with van der Waals surface area (Å²) >= 11 is 0. The first-order chi connectivity index (χ1) is 8.17. The van der Waals surface area contributed by atoms with Crippen molar-refractivity contribution in [3.05, 3.63) is 25.3 Å². The van der Waals surface area contributed by atoms with Gasteiger partial charge in [0.25, 0.3) is 0 Å². The SMILES string of the molecule is C=CCC(O)(CC=C)[C@H](O)COC(=O)C(C)(C)C. The summed E-state index contributed by atoms with van der Waals surface area (Å²) in [6, 6.07) is 0. The normalized spacial score (nSPS) is 13.8. The fraction of sp³-hybridized carbons (Fsp3) is 0.643. The lowest BCUT2D eigenvalue weighted by Gasteiger charge is -2.31. The van der Waals surface area contributed by atoms with Crippen LogP contribution in [-0.2, 0) is 9.53 Å². The second-order valence-corrected chi connectivity index (χ2v) is 5.45. The zero-order valence-corrected chi connectivity index (χ0v) is 11.5. The van der Waals surface area contributed by atoms with Gasteiger partial charge in [-0.05, 0) is 33.6 Å². The van der Waals surface area contributed by atoms with Gasteiger partial charge in [-0.15, -0.1) is 13.2 Å². The van der Waals surface area contributed by atoms with Crippen molar-refractivity contribution in [1.82, 2.24) is 0 Å². The minimum atomic E-state index is -1.39. The molecule has 0 fully saturated rings. The lowest BCUT2D eigenvalue weighted by Crippen LogP contribution is -2.45. The number of rotatable bonds is 7. The highest BCUT2D eigenvalue weighted by Crippen LogP contribution is 2.23. The summed E-state index contributed by atoms with van der Waals surface area (Å²) in [5, 5.41) is 20.1. The van der Waals surface area contributed by atoms with E-state index in [9.17, 15) is 15.0 Å². The van der Waals surface area contributed by atoms with Gasteiger partial charge in [0.1, 0.15) is 18.3 Å². The summed E-state index contributed by atoms with van der Waals surface area (Å²) in [6.45, 7) is 12.0. The Morgan fingerprint density at radius 1 is 1.28 bits per heavy atom. The summed E-state index contributed by atoms with van der Waals surface area (Å²) in [5.41, 5.74) is -2.02. The van der Waals surface area contributed by atoms with Gasteiger partial charge in [0.05, 0.1) is 5.41 Å². The number of aliphatic hydroxyl groups is 2. The van der Waals surface area contributed by atoms with Crippen molar-refractivity contribution in [2.75, 3.05) is 6.61 Å². The zero-order chi connectivity index (χ0) is 14.4. The Morgan fingerprint density at radius 3 is 2.06 bits per heavy atom. The number of hydrogen-bond acceptors (Lipinski definition) is 4. The molecular formula is C14H24O4. The highest BCUT2D eigenvalue weighted by Gasteiger charge is 2.35. The Labute approximate surface area is 109 Å². The maximum absolute atomic E-state index is 11.6. The number of carbonyl (C=O) groups is 1. The first-order valence-corrected chi connectivity index (χ1v) is 5.97. The molecule has 0 unspecified atom stereocenters. The molecule has 1 atom stereocenters. The summed E-state index contributed by atoms with van der Waals surface area (Å²) in [7, 11) is 0. The second-order valence-electron chi connectivity index (χ2n) is 5.45. The zero-order valence-electron chi connectivity index (χ0n) is 11.5. The first kappa shape index (κ1) is 16.9. The van der Waals surface area contributed by atoms with Gasteiger partial charge in [-0.1, -0.05) is 12.2 Å². The van der Waals surface area contributed by atoms with Gasteiger partial charge in [-0.3, -0.25) is 4.79 Å². The van der Waals surface area contributed by atoms with E-state index in [1.807, 2.05) is 0 Å². The van der Waals surface area contributed by atoms with Gasteiger partial charge in [0.2, 0.25) is 0 Å². The molecular weight excluding hydrogens is 232 g/mol. The average Bonchev–Trinajstić information content (AvgIpc) is 2.24. The highest BCUT2D eigenvalue weighted by molar-refractivity contribution is 5.75. The van der Waals surface area contributed by atoms with E-state index < -0.39 is 23.1 Å². The standard InChI is InChI=1S/C14H24O4/c1-6-8-14(17,9-7-2)11(15)10-18-12(16)13(3,4)5/h6-7,11,15,17H,1-2,8-10H2,3-5H3/t11-/m1/s1. The molecule has 4 heteroatoms. The number of carbonyl (C=O) groups excluding carboxylic acids is 1. The van der Waals surface area contributed by atoms with Crippen LogP contribution in [-0.4, -0.2) is 34.5 Å².